The predicted octanol–water partition coefficient (Wildman–Crippen LogP) is 4.94. The third kappa shape index (κ3) is 6.22. The molecule has 0 aromatic heterocycles. The number of benzene rings is 3. The lowest BCUT2D eigenvalue weighted by molar-refractivity contribution is -0.136. The van der Waals surface area contributed by atoms with Gasteiger partial charge in [0.15, 0.2) is 0 Å². The van der Waals surface area contributed by atoms with Gasteiger partial charge in [-0.3, -0.25) is 15.1 Å². The summed E-state index contributed by atoms with van der Waals surface area (Å²) in [4.78, 5) is 16.2. The molecule has 0 spiro atoms. The minimum Gasteiger partial charge on any atom is -0.491 e. The van der Waals surface area contributed by atoms with E-state index in [4.69, 9.17) is 14.7 Å². The van der Waals surface area contributed by atoms with Crippen molar-refractivity contribution in [2.45, 2.75) is 13.3 Å². The van der Waals surface area contributed by atoms with E-state index in [1.165, 1.54) is 11.1 Å². The van der Waals surface area contributed by atoms with Crippen LogP contribution in [0.2, 0.25) is 0 Å². The lowest BCUT2D eigenvalue weighted by atomic mass is 10.0. The molecule has 2 N–H and O–H groups in total. The van der Waals surface area contributed by atoms with Gasteiger partial charge in [-0.1, -0.05) is 72.8 Å². The van der Waals surface area contributed by atoms with Crippen molar-refractivity contribution in [3.63, 3.8) is 0 Å². The molecule has 0 saturated carbocycles. The molecule has 0 aliphatic rings. The molecule has 0 radical (unpaired) electrons. The van der Waals surface area contributed by atoms with Gasteiger partial charge in [0.2, 0.25) is 0 Å². The fraction of sp³-hybridized carbons (Fsp3) is 0.160. The average Bonchev–Trinajstić information content (AvgIpc) is 2.78. The van der Waals surface area contributed by atoms with E-state index in [2.05, 4.69) is 41.9 Å². The second kappa shape index (κ2) is 10.8. The number of carbonyl (C=O) groups is 1. The van der Waals surface area contributed by atoms with Crippen molar-refractivity contribution in [3.05, 3.63) is 96.1 Å². The van der Waals surface area contributed by atoms with Gasteiger partial charge in [0.05, 0.1) is 12.1 Å². The second-order valence-corrected chi connectivity index (χ2v) is 6.66. The number of ether oxygens (including phenoxy) is 1. The van der Waals surface area contributed by atoms with E-state index in [1.807, 2.05) is 31.2 Å². The summed E-state index contributed by atoms with van der Waals surface area (Å²) < 4.78 is 5.62. The summed E-state index contributed by atoms with van der Waals surface area (Å²) in [5.74, 6) is -0.173. The summed E-state index contributed by atoms with van der Waals surface area (Å²) in [6.45, 7) is 2.68. The molecule has 0 bridgehead atoms. The first-order chi connectivity index (χ1) is 14.7. The Balaban J connectivity index is 1.44. The summed E-state index contributed by atoms with van der Waals surface area (Å²) in [6, 6.07) is 25.6. The topological polar surface area (TPSA) is 67.8 Å². The summed E-state index contributed by atoms with van der Waals surface area (Å²) in [7, 11) is 0. The predicted molar refractivity (Wildman–Crippen MR) is 118 cm³/mol. The van der Waals surface area contributed by atoms with Gasteiger partial charge in [0.25, 0.3) is 0 Å². The maximum Gasteiger partial charge on any atom is 0.307 e. The molecular weight excluding hydrogens is 378 g/mol. The molecule has 0 atom stereocenters. The van der Waals surface area contributed by atoms with Gasteiger partial charge in [0.1, 0.15) is 19.0 Å². The van der Waals surface area contributed by atoms with Gasteiger partial charge >= 0.3 is 5.97 Å². The Bertz CT molecular complexity index is 964. The minimum absolute atomic E-state index is 0.00572. The molecule has 3 rings (SSSR count). The largest absolute Gasteiger partial charge is 0.491 e. The highest BCUT2D eigenvalue weighted by Crippen LogP contribution is 2.21. The van der Waals surface area contributed by atoms with Crippen molar-refractivity contribution in [1.29, 1.82) is 0 Å². The van der Waals surface area contributed by atoms with E-state index in [-0.39, 0.29) is 6.42 Å². The first-order valence-electron chi connectivity index (χ1n) is 9.79. The first kappa shape index (κ1) is 21.1. The third-order valence-corrected chi connectivity index (χ3v) is 4.51. The zero-order chi connectivity index (χ0) is 21.2. The highest BCUT2D eigenvalue weighted by molar-refractivity contribution is 5.70. The molecular formula is C25H25NO4. The van der Waals surface area contributed by atoms with Crippen LogP contribution < -0.4 is 10.2 Å². The maximum atomic E-state index is 10.7. The summed E-state index contributed by atoms with van der Waals surface area (Å²) in [5.41, 5.74) is 7.98. The van der Waals surface area contributed by atoms with Crippen molar-refractivity contribution in [2.24, 2.45) is 0 Å². The van der Waals surface area contributed by atoms with Crippen LogP contribution in [-0.4, -0.2) is 24.3 Å². The molecule has 3 aromatic carbocycles. The Kier molecular flexibility index (Phi) is 7.64. The van der Waals surface area contributed by atoms with Gasteiger partial charge < -0.3 is 9.84 Å². The van der Waals surface area contributed by atoms with Gasteiger partial charge in [-0.25, -0.2) is 0 Å². The number of aliphatic carboxylic acids is 1. The van der Waals surface area contributed by atoms with Crippen LogP contribution in [0, 0.1) is 0 Å². The van der Waals surface area contributed by atoms with Gasteiger partial charge in [-0.2, -0.15) is 0 Å². The Hall–Kier alpha value is -3.57. The number of hydrogen-bond donors (Lipinski definition) is 2. The van der Waals surface area contributed by atoms with Crippen LogP contribution in [0.1, 0.15) is 18.1 Å². The molecule has 30 heavy (non-hydrogen) atoms. The van der Waals surface area contributed by atoms with Crippen LogP contribution in [0.3, 0.4) is 0 Å². The quantitative estimate of drug-likeness (QED) is 0.371. The second-order valence-electron chi connectivity index (χ2n) is 6.66. The van der Waals surface area contributed by atoms with E-state index in [1.54, 1.807) is 24.3 Å². The Morgan fingerprint density at radius 1 is 0.900 bits per heavy atom. The van der Waals surface area contributed by atoms with Crippen molar-refractivity contribution in [1.82, 2.24) is 5.48 Å². The van der Waals surface area contributed by atoms with Crippen molar-refractivity contribution < 1.29 is 19.5 Å². The molecule has 0 heterocycles. The van der Waals surface area contributed by atoms with E-state index in [0.29, 0.717) is 19.0 Å². The Morgan fingerprint density at radius 3 is 2.20 bits per heavy atom. The number of carboxylic acid groups (broad SMARTS) is 1. The van der Waals surface area contributed by atoms with Crippen LogP contribution in [0.5, 0.6) is 5.75 Å². The number of nitrogens with one attached hydrogen (secondary N) is 1. The normalized spacial score (nSPS) is 11.2. The monoisotopic (exact) mass is 403 g/mol. The molecule has 0 aliphatic carbocycles. The zero-order valence-corrected chi connectivity index (χ0v) is 16.9. The summed E-state index contributed by atoms with van der Waals surface area (Å²) in [6.07, 6.45) is 1.96. The van der Waals surface area contributed by atoms with E-state index < -0.39 is 5.97 Å². The fourth-order valence-electron chi connectivity index (χ4n) is 2.97. The highest BCUT2D eigenvalue weighted by Gasteiger charge is 2.03. The Labute approximate surface area is 176 Å². The van der Waals surface area contributed by atoms with Crippen molar-refractivity contribution in [3.8, 4) is 16.9 Å². The summed E-state index contributed by atoms with van der Waals surface area (Å²) in [5, 5.41) is 8.79. The van der Waals surface area contributed by atoms with Crippen LogP contribution in [0.25, 0.3) is 16.8 Å². The lowest BCUT2D eigenvalue weighted by Crippen LogP contribution is -2.17. The van der Waals surface area contributed by atoms with Crippen LogP contribution in [-0.2, 0) is 16.1 Å². The van der Waals surface area contributed by atoms with E-state index in [0.717, 1.165) is 16.8 Å². The van der Waals surface area contributed by atoms with E-state index >= 15 is 0 Å². The lowest BCUT2D eigenvalue weighted by Gasteiger charge is -2.12. The maximum absolute atomic E-state index is 10.7. The Morgan fingerprint density at radius 2 is 1.57 bits per heavy atom. The number of hydrogen-bond acceptors (Lipinski definition) is 4. The van der Waals surface area contributed by atoms with Crippen LogP contribution in [0.15, 0.2) is 84.9 Å². The standard InChI is InChI=1S/C25H25NO4/c1-2-24(22-12-10-21(11-13-22)20-6-4-3-5-7-20)26-30-17-16-29-23-14-8-19(9-15-23)18-25(27)28/h2-15,26H,16-18H2,1H3,(H,27,28). The number of carboxylic acids is 1. The molecule has 0 fully saturated rings. The first-order valence-corrected chi connectivity index (χ1v) is 9.79. The molecule has 5 heteroatoms. The molecule has 3 aromatic rings. The van der Waals surface area contributed by atoms with Gasteiger partial charge in [-0.15, -0.1) is 0 Å². The third-order valence-electron chi connectivity index (χ3n) is 4.51. The molecule has 0 amide bonds. The average molecular weight is 403 g/mol. The molecule has 5 nitrogen and oxygen atoms in total. The fourth-order valence-corrected chi connectivity index (χ4v) is 2.97. The molecule has 0 unspecified atom stereocenters. The van der Waals surface area contributed by atoms with Crippen molar-refractivity contribution in [2.75, 3.05) is 13.2 Å². The summed E-state index contributed by atoms with van der Waals surface area (Å²) >= 11 is 0. The minimum atomic E-state index is -0.849. The molecule has 154 valence electrons. The zero-order valence-electron chi connectivity index (χ0n) is 16.9. The van der Waals surface area contributed by atoms with Crippen LogP contribution in [0.4, 0.5) is 0 Å². The van der Waals surface area contributed by atoms with Gasteiger partial charge in [-0.05, 0) is 41.3 Å². The molecule has 0 saturated heterocycles. The number of rotatable bonds is 10. The van der Waals surface area contributed by atoms with Crippen LogP contribution >= 0.6 is 0 Å². The number of hydroxylamine groups is 1. The smallest absolute Gasteiger partial charge is 0.307 e. The van der Waals surface area contributed by atoms with Gasteiger partial charge in [0, 0.05) is 0 Å². The van der Waals surface area contributed by atoms with E-state index in [9.17, 15) is 4.79 Å². The SMILES string of the molecule is CC=C(NOCCOc1ccc(CC(=O)O)cc1)c1ccc(-c2ccccc2)cc1. The van der Waals surface area contributed by atoms with Crippen molar-refractivity contribution >= 4 is 11.7 Å². The molecule has 0 aliphatic heterocycles. The number of allylic oxidation sites excluding steroid dienone is 1. The highest BCUT2D eigenvalue weighted by atomic mass is 16.7.